The summed E-state index contributed by atoms with van der Waals surface area (Å²) in [6.07, 6.45) is 5.81. The molecular formula is C27H34ClNO4. The summed E-state index contributed by atoms with van der Waals surface area (Å²) in [4.78, 5) is 24.7. The Morgan fingerprint density at radius 2 is 1.91 bits per heavy atom. The Labute approximate surface area is 200 Å². The second-order valence-electron chi connectivity index (χ2n) is 10.6. The Morgan fingerprint density at radius 1 is 1.18 bits per heavy atom. The summed E-state index contributed by atoms with van der Waals surface area (Å²) in [7, 11) is 0. The molecule has 2 fully saturated rings. The smallest absolute Gasteiger partial charge is 0.304 e. The standard InChI is InChI=1S/C27H34ClNO4/c1-15(2)8-17-10-21(11-17)27-25(18-5-6-18)26(29-33-27)20(14-24(31)32)13-22(30)12-19-9-16(3)4-7-23(19)28/h4,7,9,15,17-18,20-21H,5-6,8,10-14H2,1-3H3,(H,31,32)/t17?,20-,21?/m1/s1. The maximum absolute atomic E-state index is 13.0. The van der Waals surface area contributed by atoms with E-state index in [-0.39, 0.29) is 25.0 Å². The van der Waals surface area contributed by atoms with Gasteiger partial charge in [-0.3, -0.25) is 9.59 Å². The lowest BCUT2D eigenvalue weighted by molar-refractivity contribution is -0.137. The molecule has 2 saturated carbocycles. The Hall–Kier alpha value is -2.14. The van der Waals surface area contributed by atoms with Gasteiger partial charge in [0.15, 0.2) is 0 Å². The largest absolute Gasteiger partial charge is 0.481 e. The van der Waals surface area contributed by atoms with E-state index in [2.05, 4.69) is 19.0 Å². The summed E-state index contributed by atoms with van der Waals surface area (Å²) < 4.78 is 5.88. The van der Waals surface area contributed by atoms with Crippen molar-refractivity contribution >= 4 is 23.4 Å². The number of aliphatic carboxylic acids is 1. The molecule has 33 heavy (non-hydrogen) atoms. The molecule has 6 heteroatoms. The molecule has 0 saturated heterocycles. The predicted octanol–water partition coefficient (Wildman–Crippen LogP) is 6.81. The van der Waals surface area contributed by atoms with Gasteiger partial charge in [-0.15, -0.1) is 0 Å². The minimum atomic E-state index is -0.923. The van der Waals surface area contributed by atoms with Crippen LogP contribution < -0.4 is 0 Å². The van der Waals surface area contributed by atoms with Gasteiger partial charge in [-0.25, -0.2) is 0 Å². The van der Waals surface area contributed by atoms with E-state index in [1.54, 1.807) is 6.07 Å². The lowest BCUT2D eigenvalue weighted by Gasteiger charge is -2.35. The molecule has 0 bridgehead atoms. The number of benzene rings is 1. The van der Waals surface area contributed by atoms with Crippen LogP contribution in [0.2, 0.25) is 5.02 Å². The van der Waals surface area contributed by atoms with Crippen LogP contribution in [-0.4, -0.2) is 22.0 Å². The van der Waals surface area contributed by atoms with E-state index in [9.17, 15) is 14.7 Å². The van der Waals surface area contributed by atoms with Crippen LogP contribution in [0.4, 0.5) is 0 Å². The number of ketones is 1. The summed E-state index contributed by atoms with van der Waals surface area (Å²) in [5, 5.41) is 14.5. The van der Waals surface area contributed by atoms with E-state index in [4.69, 9.17) is 16.1 Å². The molecule has 1 atom stereocenters. The molecule has 0 amide bonds. The zero-order chi connectivity index (χ0) is 23.7. The number of aryl methyl sites for hydroxylation is 1. The van der Waals surface area contributed by atoms with Gasteiger partial charge in [0, 0.05) is 35.3 Å². The van der Waals surface area contributed by atoms with Gasteiger partial charge >= 0.3 is 5.97 Å². The van der Waals surface area contributed by atoms with Crippen molar-refractivity contribution in [1.29, 1.82) is 0 Å². The Kier molecular flexibility index (Phi) is 7.28. The summed E-state index contributed by atoms with van der Waals surface area (Å²) in [5.41, 5.74) is 3.63. The number of carboxylic acid groups (broad SMARTS) is 1. The quantitative estimate of drug-likeness (QED) is 0.389. The van der Waals surface area contributed by atoms with Gasteiger partial charge < -0.3 is 9.63 Å². The topological polar surface area (TPSA) is 80.4 Å². The maximum atomic E-state index is 13.0. The van der Waals surface area contributed by atoms with Crippen LogP contribution in [0.5, 0.6) is 0 Å². The fraction of sp³-hybridized carbons (Fsp3) is 0.593. The number of hydrogen-bond acceptors (Lipinski definition) is 4. The Bertz CT molecular complexity index is 1020. The Balaban J connectivity index is 1.52. The summed E-state index contributed by atoms with van der Waals surface area (Å²) in [5.74, 6) is 1.72. The number of carbonyl (C=O) groups is 2. The second kappa shape index (κ2) is 10.0. The molecule has 0 radical (unpaired) electrons. The molecule has 0 aliphatic heterocycles. The van der Waals surface area contributed by atoms with E-state index in [0.717, 1.165) is 54.1 Å². The second-order valence-corrected chi connectivity index (χ2v) is 11.0. The van der Waals surface area contributed by atoms with Crippen molar-refractivity contribution in [3.05, 3.63) is 51.4 Å². The van der Waals surface area contributed by atoms with Crippen molar-refractivity contribution in [2.75, 3.05) is 0 Å². The average Bonchev–Trinajstić information content (AvgIpc) is 3.44. The Morgan fingerprint density at radius 3 is 2.55 bits per heavy atom. The third kappa shape index (κ3) is 5.87. The molecule has 2 aromatic rings. The molecule has 1 aromatic carbocycles. The van der Waals surface area contributed by atoms with Crippen LogP contribution in [0, 0.1) is 18.8 Å². The first-order valence-corrected chi connectivity index (χ1v) is 12.6. The normalized spacial score (nSPS) is 21.1. The van der Waals surface area contributed by atoms with Crippen LogP contribution >= 0.6 is 11.6 Å². The maximum Gasteiger partial charge on any atom is 0.304 e. The molecule has 178 valence electrons. The van der Waals surface area contributed by atoms with Crippen molar-refractivity contribution in [3.8, 4) is 0 Å². The molecule has 1 N–H and O–H groups in total. The highest BCUT2D eigenvalue weighted by Crippen LogP contribution is 2.52. The van der Waals surface area contributed by atoms with Crippen LogP contribution in [-0.2, 0) is 16.0 Å². The van der Waals surface area contributed by atoms with Crippen LogP contribution in [0.25, 0.3) is 0 Å². The molecular weight excluding hydrogens is 438 g/mol. The zero-order valence-corrected chi connectivity index (χ0v) is 20.5. The van der Waals surface area contributed by atoms with Crippen LogP contribution in [0.3, 0.4) is 0 Å². The minimum absolute atomic E-state index is 0.0271. The van der Waals surface area contributed by atoms with Crippen molar-refractivity contribution in [3.63, 3.8) is 0 Å². The van der Waals surface area contributed by atoms with Crippen molar-refractivity contribution in [2.24, 2.45) is 11.8 Å². The lowest BCUT2D eigenvalue weighted by Crippen LogP contribution is -2.24. The predicted molar refractivity (Wildman–Crippen MR) is 128 cm³/mol. The van der Waals surface area contributed by atoms with Gasteiger partial charge in [-0.1, -0.05) is 48.3 Å². The molecule has 1 heterocycles. The summed E-state index contributed by atoms with van der Waals surface area (Å²) >= 11 is 6.28. The van der Waals surface area contributed by atoms with E-state index >= 15 is 0 Å². The van der Waals surface area contributed by atoms with Gasteiger partial charge in [0.2, 0.25) is 0 Å². The number of nitrogens with zero attached hydrogens (tertiary/aromatic N) is 1. The van der Waals surface area contributed by atoms with E-state index in [0.29, 0.717) is 28.5 Å². The molecule has 0 unspecified atom stereocenters. The molecule has 1 aromatic heterocycles. The van der Waals surface area contributed by atoms with E-state index in [1.165, 1.54) is 6.42 Å². The highest BCUT2D eigenvalue weighted by atomic mass is 35.5. The molecule has 4 rings (SSSR count). The first kappa shape index (κ1) is 24.0. The van der Waals surface area contributed by atoms with Crippen LogP contribution in [0.1, 0.15) is 105 Å². The minimum Gasteiger partial charge on any atom is -0.481 e. The van der Waals surface area contributed by atoms with E-state index < -0.39 is 11.9 Å². The SMILES string of the molecule is Cc1ccc(Cl)c(CC(=O)C[C@H](CC(=O)O)c2noc(C3CC(CC(C)C)C3)c2C2CC2)c1. The molecule has 2 aliphatic carbocycles. The first-order chi connectivity index (χ1) is 15.7. The van der Waals surface area contributed by atoms with Crippen LogP contribution in [0.15, 0.2) is 22.7 Å². The third-order valence-corrected chi connectivity index (χ3v) is 7.42. The van der Waals surface area contributed by atoms with Gasteiger partial charge in [0.25, 0.3) is 0 Å². The van der Waals surface area contributed by atoms with Crippen molar-refractivity contribution in [1.82, 2.24) is 5.16 Å². The number of Topliss-reactive ketones (excluding diaryl/α,β-unsaturated/α-hetero) is 1. The van der Waals surface area contributed by atoms with Crippen molar-refractivity contribution < 1.29 is 19.2 Å². The van der Waals surface area contributed by atoms with Crippen molar-refractivity contribution in [2.45, 2.75) is 89.9 Å². The number of rotatable bonds is 11. The lowest BCUT2D eigenvalue weighted by atomic mass is 9.69. The molecule has 2 aliphatic rings. The first-order valence-electron chi connectivity index (χ1n) is 12.2. The average molecular weight is 472 g/mol. The number of carboxylic acids is 1. The highest BCUT2D eigenvalue weighted by Gasteiger charge is 2.42. The molecule has 5 nitrogen and oxygen atoms in total. The number of hydrogen-bond donors (Lipinski definition) is 1. The number of aromatic nitrogens is 1. The van der Waals surface area contributed by atoms with Gasteiger partial charge in [0.1, 0.15) is 11.5 Å². The van der Waals surface area contributed by atoms with E-state index in [1.807, 2.05) is 19.1 Å². The monoisotopic (exact) mass is 471 g/mol. The summed E-state index contributed by atoms with van der Waals surface area (Å²) in [6.45, 7) is 6.47. The fourth-order valence-electron chi connectivity index (χ4n) is 5.38. The molecule has 0 spiro atoms. The number of halogens is 1. The zero-order valence-electron chi connectivity index (χ0n) is 19.8. The number of carbonyl (C=O) groups excluding carboxylic acids is 1. The fourth-order valence-corrected chi connectivity index (χ4v) is 5.56. The van der Waals surface area contributed by atoms with Gasteiger partial charge in [-0.05, 0) is 68.4 Å². The summed E-state index contributed by atoms with van der Waals surface area (Å²) in [6, 6.07) is 5.63. The van der Waals surface area contributed by atoms with Gasteiger partial charge in [-0.2, -0.15) is 0 Å². The van der Waals surface area contributed by atoms with Gasteiger partial charge in [0.05, 0.1) is 12.1 Å². The third-order valence-electron chi connectivity index (χ3n) is 7.05. The highest BCUT2D eigenvalue weighted by molar-refractivity contribution is 6.31.